The van der Waals surface area contributed by atoms with E-state index in [1.165, 1.54) is 50.5 Å². The third kappa shape index (κ3) is 9.19. The van der Waals surface area contributed by atoms with Gasteiger partial charge in [0.1, 0.15) is 52.8 Å². The van der Waals surface area contributed by atoms with Crippen molar-refractivity contribution >= 4 is 21.9 Å². The van der Waals surface area contributed by atoms with Crippen LogP contribution in [-0.2, 0) is 24.0 Å². The van der Waals surface area contributed by atoms with Gasteiger partial charge in [0.25, 0.3) is 0 Å². The number of rotatable bonds is 20. The molecule has 268 valence electrons. The minimum Gasteiger partial charge on any atom is -0.507 e. The van der Waals surface area contributed by atoms with Crippen molar-refractivity contribution in [3.63, 3.8) is 0 Å². The van der Waals surface area contributed by atoms with Crippen LogP contribution in [0.1, 0.15) is 145 Å². The van der Waals surface area contributed by atoms with E-state index in [9.17, 15) is 30.3 Å². The molecule has 0 spiro atoms. The number of phenolic OH excluding ortho intramolecular Hbond substituents is 1. The summed E-state index contributed by atoms with van der Waals surface area (Å²) in [5.41, 5.74) is 3.62. The molecule has 1 saturated heterocycles. The first-order chi connectivity index (χ1) is 23.3. The molecular formula is C40H60O8. The maximum atomic E-state index is 14.3. The predicted molar refractivity (Wildman–Crippen MR) is 192 cm³/mol. The molecule has 1 aliphatic rings. The summed E-state index contributed by atoms with van der Waals surface area (Å²) in [6, 6.07) is 5.75. The molecule has 2 heterocycles. The molecule has 8 heteroatoms. The summed E-state index contributed by atoms with van der Waals surface area (Å²) in [4.78, 5) is 14.3. The molecule has 5 N–H and O–H groups in total. The SMILES string of the molecule is CCCCCCCc1cc2oc3cc(CCCCCCC)c([C@@H]4O[C@H](CO)[C@@H](O)[C@H](O)[C@H]4O)c(O)c3c(=O)c2cc1CCCCCCC. The van der Waals surface area contributed by atoms with Crippen LogP contribution in [0.15, 0.2) is 27.4 Å². The zero-order valence-electron chi connectivity index (χ0n) is 29.5. The molecular weight excluding hydrogens is 608 g/mol. The Kier molecular flexibility index (Phi) is 15.2. The van der Waals surface area contributed by atoms with Gasteiger partial charge in [-0.05, 0) is 73.4 Å². The van der Waals surface area contributed by atoms with Crippen LogP contribution in [0.2, 0.25) is 0 Å². The second-order valence-electron chi connectivity index (χ2n) is 14.0. The molecule has 5 atom stereocenters. The van der Waals surface area contributed by atoms with Gasteiger partial charge in [-0.1, -0.05) is 97.8 Å². The Morgan fingerprint density at radius 3 is 1.67 bits per heavy atom. The lowest BCUT2D eigenvalue weighted by molar-refractivity contribution is -0.232. The second kappa shape index (κ2) is 19.0. The lowest BCUT2D eigenvalue weighted by Gasteiger charge is -2.41. The number of fused-ring (bicyclic) bond motifs is 2. The van der Waals surface area contributed by atoms with Crippen LogP contribution < -0.4 is 5.43 Å². The monoisotopic (exact) mass is 668 g/mol. The van der Waals surface area contributed by atoms with Crippen LogP contribution in [0.25, 0.3) is 21.9 Å². The summed E-state index contributed by atoms with van der Waals surface area (Å²) >= 11 is 0. The quantitative estimate of drug-likeness (QED) is 0.0609. The fourth-order valence-corrected chi connectivity index (χ4v) is 7.28. The number of aryl methyl sites for hydroxylation is 3. The molecule has 3 aromatic rings. The first kappa shape index (κ1) is 38.3. The highest BCUT2D eigenvalue weighted by Crippen LogP contribution is 2.43. The molecule has 0 saturated carbocycles. The van der Waals surface area contributed by atoms with Gasteiger partial charge < -0.3 is 34.7 Å². The highest BCUT2D eigenvalue weighted by Gasteiger charge is 2.45. The largest absolute Gasteiger partial charge is 0.507 e. The van der Waals surface area contributed by atoms with Crippen molar-refractivity contribution in [3.05, 3.63) is 50.7 Å². The van der Waals surface area contributed by atoms with Crippen LogP contribution in [0.4, 0.5) is 0 Å². The van der Waals surface area contributed by atoms with Gasteiger partial charge in [0.15, 0.2) is 0 Å². The summed E-state index contributed by atoms with van der Waals surface area (Å²) in [6.07, 6.45) is 11.9. The Morgan fingerprint density at radius 2 is 1.12 bits per heavy atom. The minimum atomic E-state index is -1.61. The van der Waals surface area contributed by atoms with E-state index in [-0.39, 0.29) is 27.7 Å². The number of unbranched alkanes of at least 4 members (excludes halogenated alkanes) is 12. The van der Waals surface area contributed by atoms with Crippen molar-refractivity contribution < 1.29 is 34.7 Å². The first-order valence-corrected chi connectivity index (χ1v) is 18.8. The topological polar surface area (TPSA) is 141 Å². The molecule has 8 nitrogen and oxygen atoms in total. The van der Waals surface area contributed by atoms with Gasteiger partial charge in [-0.25, -0.2) is 0 Å². The summed E-state index contributed by atoms with van der Waals surface area (Å²) in [6.45, 7) is 5.99. The molecule has 0 bridgehead atoms. The van der Waals surface area contributed by atoms with Gasteiger partial charge in [-0.2, -0.15) is 0 Å². The van der Waals surface area contributed by atoms with Crippen LogP contribution >= 0.6 is 0 Å². The number of hydrogen-bond acceptors (Lipinski definition) is 8. The predicted octanol–water partition coefficient (Wildman–Crippen LogP) is 7.71. The molecule has 0 radical (unpaired) electrons. The van der Waals surface area contributed by atoms with Crippen LogP contribution in [-0.4, -0.2) is 56.6 Å². The fourth-order valence-electron chi connectivity index (χ4n) is 7.28. The van der Waals surface area contributed by atoms with E-state index >= 15 is 0 Å². The maximum absolute atomic E-state index is 14.3. The zero-order chi connectivity index (χ0) is 34.6. The normalized spacial score (nSPS) is 21.4. The van der Waals surface area contributed by atoms with E-state index in [1.807, 2.05) is 12.1 Å². The molecule has 1 aromatic heterocycles. The van der Waals surface area contributed by atoms with Gasteiger partial charge in [0.2, 0.25) is 5.43 Å². The standard InChI is InChI=1S/C40H60O8/c1-4-7-10-13-16-19-26-22-29-30(23-27(26)20-17-14-11-8-5-2)47-31-24-28(21-18-15-12-9-6-3)33(37(44)34(31)35(29)42)40-39(46)38(45)36(43)32(25-41)48-40/h22-24,32,36,38-41,43-46H,4-21,25H2,1-3H3/t32-,36-,38+,39-,40+/m1/s1. The molecule has 4 rings (SSSR count). The molecule has 0 unspecified atom stereocenters. The maximum Gasteiger partial charge on any atom is 0.204 e. The van der Waals surface area contributed by atoms with Crippen LogP contribution in [0.5, 0.6) is 5.75 Å². The molecule has 0 amide bonds. The molecule has 1 aliphatic heterocycles. The van der Waals surface area contributed by atoms with Crippen LogP contribution in [0.3, 0.4) is 0 Å². The van der Waals surface area contributed by atoms with E-state index in [0.29, 0.717) is 23.0 Å². The van der Waals surface area contributed by atoms with E-state index in [2.05, 4.69) is 20.8 Å². The Balaban J connectivity index is 1.82. The number of ether oxygens (including phenoxy) is 1. The fraction of sp³-hybridized carbons (Fsp3) is 0.675. The first-order valence-electron chi connectivity index (χ1n) is 18.8. The smallest absolute Gasteiger partial charge is 0.204 e. The Morgan fingerprint density at radius 1 is 0.625 bits per heavy atom. The number of aliphatic hydroxyl groups excluding tert-OH is 4. The summed E-state index contributed by atoms with van der Waals surface area (Å²) in [5.74, 6) is -0.350. The van der Waals surface area contributed by atoms with Crippen molar-refractivity contribution in [2.24, 2.45) is 0 Å². The van der Waals surface area contributed by atoms with E-state index in [1.54, 1.807) is 6.07 Å². The van der Waals surface area contributed by atoms with Crippen molar-refractivity contribution in [1.29, 1.82) is 0 Å². The lowest BCUT2D eigenvalue weighted by atomic mass is 9.86. The summed E-state index contributed by atoms with van der Waals surface area (Å²) in [7, 11) is 0. The van der Waals surface area contributed by atoms with Gasteiger partial charge in [0, 0.05) is 5.56 Å². The van der Waals surface area contributed by atoms with E-state index in [0.717, 1.165) is 69.8 Å². The second-order valence-corrected chi connectivity index (χ2v) is 14.0. The van der Waals surface area contributed by atoms with Crippen molar-refractivity contribution in [2.45, 2.75) is 167 Å². The third-order valence-electron chi connectivity index (χ3n) is 10.2. The summed E-state index contributed by atoms with van der Waals surface area (Å²) in [5, 5.41) is 54.3. The number of hydrogen-bond donors (Lipinski definition) is 5. The van der Waals surface area contributed by atoms with E-state index in [4.69, 9.17) is 9.15 Å². The number of aliphatic hydroxyl groups is 4. The minimum absolute atomic E-state index is 0.00500. The van der Waals surface area contributed by atoms with Gasteiger partial charge in [-0.3, -0.25) is 4.79 Å². The van der Waals surface area contributed by atoms with Gasteiger partial charge >= 0.3 is 0 Å². The highest BCUT2D eigenvalue weighted by atomic mass is 16.5. The summed E-state index contributed by atoms with van der Waals surface area (Å²) < 4.78 is 12.4. The number of benzene rings is 2. The van der Waals surface area contributed by atoms with Crippen LogP contribution in [0, 0.1) is 0 Å². The Hall–Kier alpha value is -2.49. The van der Waals surface area contributed by atoms with Crippen molar-refractivity contribution in [2.75, 3.05) is 6.61 Å². The zero-order valence-corrected chi connectivity index (χ0v) is 29.5. The molecule has 48 heavy (non-hydrogen) atoms. The number of phenols is 1. The Labute approximate surface area is 286 Å². The molecule has 0 aliphatic carbocycles. The third-order valence-corrected chi connectivity index (χ3v) is 10.2. The molecule has 2 aromatic carbocycles. The average Bonchev–Trinajstić information content (AvgIpc) is 3.08. The van der Waals surface area contributed by atoms with Gasteiger partial charge in [-0.15, -0.1) is 0 Å². The molecule has 1 fully saturated rings. The Bertz CT molecular complexity index is 1490. The highest BCUT2D eigenvalue weighted by molar-refractivity contribution is 5.95. The van der Waals surface area contributed by atoms with Gasteiger partial charge in [0.05, 0.1) is 12.0 Å². The number of aromatic hydroxyl groups is 1. The average molecular weight is 669 g/mol. The van der Waals surface area contributed by atoms with Crippen molar-refractivity contribution in [1.82, 2.24) is 0 Å². The van der Waals surface area contributed by atoms with E-state index < -0.39 is 37.1 Å². The lowest BCUT2D eigenvalue weighted by Crippen LogP contribution is -2.55. The van der Waals surface area contributed by atoms with Crippen molar-refractivity contribution in [3.8, 4) is 5.75 Å².